The summed E-state index contributed by atoms with van der Waals surface area (Å²) in [4.78, 5) is 2.34. The molecule has 0 spiro atoms. The Morgan fingerprint density at radius 3 is 1.59 bits per heavy atom. The van der Waals surface area contributed by atoms with Gasteiger partial charge in [0, 0.05) is 6.54 Å². The van der Waals surface area contributed by atoms with Crippen LogP contribution < -0.4 is 0 Å². The van der Waals surface area contributed by atoms with Crippen LogP contribution in [0.1, 0.15) is 31.4 Å². The van der Waals surface area contributed by atoms with Gasteiger partial charge in [-0.25, -0.2) is 0 Å². The maximum atomic E-state index is 11.4. The third kappa shape index (κ3) is 4.33. The number of hydrogen-bond acceptors (Lipinski definition) is 2. The van der Waals surface area contributed by atoms with Crippen molar-refractivity contribution in [2.75, 3.05) is 19.6 Å². The van der Waals surface area contributed by atoms with Crippen LogP contribution in [0.3, 0.4) is 0 Å². The van der Waals surface area contributed by atoms with Crippen LogP contribution in [0.25, 0.3) is 0 Å². The van der Waals surface area contributed by atoms with Gasteiger partial charge in [0.25, 0.3) is 0 Å². The summed E-state index contributed by atoms with van der Waals surface area (Å²) >= 11 is 0. The van der Waals surface area contributed by atoms with Gasteiger partial charge in [-0.15, -0.1) is 12.4 Å². The highest BCUT2D eigenvalue weighted by atomic mass is 35.5. The van der Waals surface area contributed by atoms with Gasteiger partial charge >= 0.3 is 0 Å². The molecular formula is C19H26ClNO. The van der Waals surface area contributed by atoms with E-state index in [1.54, 1.807) is 0 Å². The van der Waals surface area contributed by atoms with E-state index in [0.29, 0.717) is 6.42 Å². The van der Waals surface area contributed by atoms with Crippen molar-refractivity contribution in [3.63, 3.8) is 0 Å². The first-order valence-electron chi connectivity index (χ1n) is 7.76. The highest BCUT2D eigenvalue weighted by molar-refractivity contribution is 5.85. The van der Waals surface area contributed by atoms with E-state index in [4.69, 9.17) is 0 Å². The SMILES string of the molecule is CCN(CC)CCC(O)(c1ccccc1)c1ccccc1.Cl. The highest BCUT2D eigenvalue weighted by Gasteiger charge is 2.31. The van der Waals surface area contributed by atoms with Crippen LogP contribution in [0, 0.1) is 0 Å². The Labute approximate surface area is 140 Å². The van der Waals surface area contributed by atoms with Crippen LogP contribution in [0.15, 0.2) is 60.7 Å². The summed E-state index contributed by atoms with van der Waals surface area (Å²) in [6.45, 7) is 7.22. The van der Waals surface area contributed by atoms with Gasteiger partial charge in [-0.3, -0.25) is 0 Å². The van der Waals surface area contributed by atoms with Gasteiger partial charge in [-0.1, -0.05) is 74.5 Å². The Hall–Kier alpha value is -1.35. The number of hydrogen-bond donors (Lipinski definition) is 1. The molecule has 0 fully saturated rings. The van der Waals surface area contributed by atoms with Crippen molar-refractivity contribution < 1.29 is 5.11 Å². The van der Waals surface area contributed by atoms with Gasteiger partial charge in [0.2, 0.25) is 0 Å². The normalized spacial score (nSPS) is 11.3. The van der Waals surface area contributed by atoms with E-state index >= 15 is 0 Å². The number of benzene rings is 2. The lowest BCUT2D eigenvalue weighted by atomic mass is 9.83. The van der Waals surface area contributed by atoms with Crippen molar-refractivity contribution in [2.45, 2.75) is 25.9 Å². The van der Waals surface area contributed by atoms with Crippen molar-refractivity contribution in [1.82, 2.24) is 4.90 Å². The zero-order valence-corrected chi connectivity index (χ0v) is 14.2. The zero-order chi connectivity index (χ0) is 15.1. The Bertz CT molecular complexity index is 486. The molecule has 0 saturated carbocycles. The summed E-state index contributed by atoms with van der Waals surface area (Å²) in [7, 11) is 0. The van der Waals surface area contributed by atoms with Crippen molar-refractivity contribution in [2.24, 2.45) is 0 Å². The summed E-state index contributed by atoms with van der Waals surface area (Å²) in [5, 5.41) is 11.4. The molecule has 0 aliphatic heterocycles. The lowest BCUT2D eigenvalue weighted by Gasteiger charge is -2.32. The Morgan fingerprint density at radius 1 is 0.818 bits per heavy atom. The van der Waals surface area contributed by atoms with Crippen molar-refractivity contribution in [3.8, 4) is 0 Å². The second-order valence-corrected chi connectivity index (χ2v) is 5.37. The first kappa shape index (κ1) is 18.7. The van der Waals surface area contributed by atoms with Gasteiger partial charge in [0.1, 0.15) is 5.60 Å². The Kier molecular flexibility index (Phi) is 7.60. The van der Waals surface area contributed by atoms with E-state index in [9.17, 15) is 5.11 Å². The molecule has 0 unspecified atom stereocenters. The third-order valence-corrected chi connectivity index (χ3v) is 4.19. The third-order valence-electron chi connectivity index (χ3n) is 4.19. The summed E-state index contributed by atoms with van der Waals surface area (Å²) < 4.78 is 0. The second kappa shape index (κ2) is 8.94. The first-order valence-corrected chi connectivity index (χ1v) is 7.76. The molecule has 0 aliphatic carbocycles. The van der Waals surface area contributed by atoms with E-state index in [-0.39, 0.29) is 12.4 Å². The molecule has 0 aliphatic rings. The molecule has 0 atom stereocenters. The lowest BCUT2D eigenvalue weighted by Crippen LogP contribution is -2.34. The predicted molar refractivity (Wildman–Crippen MR) is 95.5 cm³/mol. The van der Waals surface area contributed by atoms with E-state index in [1.165, 1.54) is 0 Å². The molecule has 2 aromatic rings. The maximum absolute atomic E-state index is 11.4. The molecule has 120 valence electrons. The summed E-state index contributed by atoms with van der Waals surface area (Å²) in [6.07, 6.45) is 0.697. The zero-order valence-electron chi connectivity index (χ0n) is 13.4. The van der Waals surface area contributed by atoms with Gasteiger partial charge in [0.05, 0.1) is 0 Å². The molecule has 0 bridgehead atoms. The number of rotatable bonds is 7. The molecule has 0 radical (unpaired) electrons. The minimum atomic E-state index is -0.925. The average molecular weight is 320 g/mol. The summed E-state index contributed by atoms with van der Waals surface area (Å²) in [6, 6.07) is 20.0. The molecule has 2 aromatic carbocycles. The van der Waals surface area contributed by atoms with Crippen molar-refractivity contribution in [3.05, 3.63) is 71.8 Å². The van der Waals surface area contributed by atoms with Crippen LogP contribution in [0.2, 0.25) is 0 Å². The fraction of sp³-hybridized carbons (Fsp3) is 0.368. The maximum Gasteiger partial charge on any atom is 0.116 e. The van der Waals surface area contributed by atoms with E-state index in [2.05, 4.69) is 18.7 Å². The lowest BCUT2D eigenvalue weighted by molar-refractivity contribution is 0.0586. The smallest absolute Gasteiger partial charge is 0.116 e. The molecule has 22 heavy (non-hydrogen) atoms. The molecule has 3 heteroatoms. The van der Waals surface area contributed by atoms with Crippen LogP contribution in [0.5, 0.6) is 0 Å². The minimum absolute atomic E-state index is 0. The molecule has 2 rings (SSSR count). The molecule has 0 aromatic heterocycles. The minimum Gasteiger partial charge on any atom is -0.380 e. The van der Waals surface area contributed by atoms with Crippen LogP contribution in [0.4, 0.5) is 0 Å². The second-order valence-electron chi connectivity index (χ2n) is 5.37. The number of nitrogens with zero attached hydrogens (tertiary/aromatic N) is 1. The summed E-state index contributed by atoms with van der Waals surface area (Å²) in [5.74, 6) is 0. The number of halogens is 1. The first-order chi connectivity index (χ1) is 10.2. The molecule has 1 N–H and O–H groups in total. The highest BCUT2D eigenvalue weighted by Crippen LogP contribution is 2.33. The van der Waals surface area contributed by atoms with Crippen LogP contribution in [-0.2, 0) is 5.60 Å². The van der Waals surface area contributed by atoms with Crippen molar-refractivity contribution >= 4 is 12.4 Å². The van der Waals surface area contributed by atoms with Gasteiger partial charge in [0.15, 0.2) is 0 Å². The quantitative estimate of drug-likeness (QED) is 0.831. The standard InChI is InChI=1S/C19H25NO.ClH/c1-3-20(4-2)16-15-19(21,17-11-7-5-8-12-17)18-13-9-6-10-14-18;/h5-14,21H,3-4,15-16H2,1-2H3;1H. The van der Waals surface area contributed by atoms with E-state index < -0.39 is 5.60 Å². The Balaban J connectivity index is 0.00000242. The number of aliphatic hydroxyl groups is 1. The fourth-order valence-corrected chi connectivity index (χ4v) is 2.74. The molecule has 0 heterocycles. The van der Waals surface area contributed by atoms with Gasteiger partial charge in [-0.2, -0.15) is 0 Å². The van der Waals surface area contributed by atoms with E-state index in [0.717, 1.165) is 30.8 Å². The fourth-order valence-electron chi connectivity index (χ4n) is 2.74. The Morgan fingerprint density at radius 2 is 1.23 bits per heavy atom. The molecular weight excluding hydrogens is 294 g/mol. The van der Waals surface area contributed by atoms with Crippen molar-refractivity contribution in [1.29, 1.82) is 0 Å². The largest absolute Gasteiger partial charge is 0.380 e. The molecule has 0 amide bonds. The monoisotopic (exact) mass is 319 g/mol. The van der Waals surface area contributed by atoms with Crippen LogP contribution in [-0.4, -0.2) is 29.6 Å². The van der Waals surface area contributed by atoms with Gasteiger partial charge < -0.3 is 10.0 Å². The van der Waals surface area contributed by atoms with Crippen LogP contribution >= 0.6 is 12.4 Å². The topological polar surface area (TPSA) is 23.5 Å². The van der Waals surface area contributed by atoms with E-state index in [1.807, 2.05) is 60.7 Å². The van der Waals surface area contributed by atoms with Gasteiger partial charge in [-0.05, 0) is 30.6 Å². The molecule has 0 saturated heterocycles. The average Bonchev–Trinajstić information content (AvgIpc) is 2.57. The predicted octanol–water partition coefficient (Wildman–Crippen LogP) is 4.08. The summed E-state index contributed by atoms with van der Waals surface area (Å²) in [5.41, 5.74) is 0.997. The molecule has 2 nitrogen and oxygen atoms in total.